The Morgan fingerprint density at radius 3 is 2.65 bits per heavy atom. The van der Waals surface area contributed by atoms with Crippen molar-refractivity contribution in [3.63, 3.8) is 0 Å². The molecule has 1 aromatic rings. The number of aromatic nitrogens is 1. The SMILES string of the molecule is O=C(c1ccc(C(F)(F)F)nc1)N1CCCO1. The maximum absolute atomic E-state index is 12.2. The van der Waals surface area contributed by atoms with Crippen molar-refractivity contribution in [3.05, 3.63) is 29.6 Å². The second-order valence-corrected chi connectivity index (χ2v) is 3.52. The molecule has 0 atom stereocenters. The van der Waals surface area contributed by atoms with Crippen LogP contribution in [0.3, 0.4) is 0 Å². The number of hydroxylamine groups is 2. The average Bonchev–Trinajstić information content (AvgIpc) is 2.80. The summed E-state index contributed by atoms with van der Waals surface area (Å²) in [6, 6.07) is 1.88. The Labute approximate surface area is 95.0 Å². The van der Waals surface area contributed by atoms with Gasteiger partial charge in [0.1, 0.15) is 5.69 Å². The van der Waals surface area contributed by atoms with Crippen LogP contribution in [-0.4, -0.2) is 29.1 Å². The maximum Gasteiger partial charge on any atom is 0.433 e. The quantitative estimate of drug-likeness (QED) is 0.759. The number of rotatable bonds is 1. The molecule has 1 fully saturated rings. The summed E-state index contributed by atoms with van der Waals surface area (Å²) < 4.78 is 36.7. The summed E-state index contributed by atoms with van der Waals surface area (Å²) in [7, 11) is 0. The maximum atomic E-state index is 12.2. The highest BCUT2D eigenvalue weighted by atomic mass is 19.4. The third kappa shape index (κ3) is 2.55. The van der Waals surface area contributed by atoms with Crippen molar-refractivity contribution < 1.29 is 22.8 Å². The van der Waals surface area contributed by atoms with E-state index < -0.39 is 17.8 Å². The molecule has 1 amide bonds. The molecule has 0 radical (unpaired) electrons. The number of alkyl halides is 3. The smallest absolute Gasteiger partial charge is 0.271 e. The molecule has 0 N–H and O–H groups in total. The second kappa shape index (κ2) is 4.33. The van der Waals surface area contributed by atoms with E-state index in [1.165, 1.54) is 0 Å². The molecule has 7 heteroatoms. The number of pyridine rings is 1. The largest absolute Gasteiger partial charge is 0.433 e. The lowest BCUT2D eigenvalue weighted by Crippen LogP contribution is -2.26. The van der Waals surface area contributed by atoms with Crippen molar-refractivity contribution in [2.45, 2.75) is 12.6 Å². The van der Waals surface area contributed by atoms with Gasteiger partial charge in [-0.2, -0.15) is 13.2 Å². The lowest BCUT2D eigenvalue weighted by atomic mass is 10.2. The molecule has 0 spiro atoms. The molecule has 0 aliphatic carbocycles. The van der Waals surface area contributed by atoms with E-state index in [1.54, 1.807) is 0 Å². The second-order valence-electron chi connectivity index (χ2n) is 3.52. The van der Waals surface area contributed by atoms with Gasteiger partial charge in [0.2, 0.25) is 0 Å². The fraction of sp³-hybridized carbons (Fsp3) is 0.400. The Balaban J connectivity index is 2.15. The van der Waals surface area contributed by atoms with E-state index in [2.05, 4.69) is 4.98 Å². The zero-order valence-corrected chi connectivity index (χ0v) is 8.70. The molecule has 0 aromatic carbocycles. The van der Waals surface area contributed by atoms with Crippen LogP contribution < -0.4 is 0 Å². The first-order chi connectivity index (χ1) is 7.98. The third-order valence-electron chi connectivity index (χ3n) is 2.28. The molecule has 0 saturated carbocycles. The van der Waals surface area contributed by atoms with Crippen LogP contribution in [0.25, 0.3) is 0 Å². The van der Waals surface area contributed by atoms with Crippen molar-refractivity contribution in [2.24, 2.45) is 0 Å². The molecule has 4 nitrogen and oxygen atoms in total. The Morgan fingerprint density at radius 2 is 2.18 bits per heavy atom. The van der Waals surface area contributed by atoms with Gasteiger partial charge in [-0.25, -0.2) is 5.06 Å². The minimum absolute atomic E-state index is 0.0832. The van der Waals surface area contributed by atoms with Gasteiger partial charge >= 0.3 is 6.18 Å². The van der Waals surface area contributed by atoms with Crippen molar-refractivity contribution in [1.82, 2.24) is 10.0 Å². The molecule has 2 heterocycles. The summed E-state index contributed by atoms with van der Waals surface area (Å²) in [4.78, 5) is 19.9. The highest BCUT2D eigenvalue weighted by Crippen LogP contribution is 2.27. The summed E-state index contributed by atoms with van der Waals surface area (Å²) in [5, 5.41) is 1.13. The number of carbonyl (C=O) groups is 1. The van der Waals surface area contributed by atoms with Crippen molar-refractivity contribution >= 4 is 5.91 Å². The summed E-state index contributed by atoms with van der Waals surface area (Å²) in [5.74, 6) is -0.469. The van der Waals surface area contributed by atoms with E-state index in [4.69, 9.17) is 4.84 Å². The Bertz CT molecular complexity index is 411. The number of hydrogen-bond donors (Lipinski definition) is 0. The van der Waals surface area contributed by atoms with Crippen molar-refractivity contribution in [1.29, 1.82) is 0 Å². The lowest BCUT2D eigenvalue weighted by Gasteiger charge is -2.13. The van der Waals surface area contributed by atoms with Crippen LogP contribution in [0.1, 0.15) is 22.5 Å². The minimum atomic E-state index is -4.49. The molecule has 1 aliphatic heterocycles. The first kappa shape index (κ1) is 11.8. The van der Waals surface area contributed by atoms with Gasteiger partial charge in [-0.15, -0.1) is 0 Å². The highest BCUT2D eigenvalue weighted by molar-refractivity contribution is 5.93. The zero-order valence-electron chi connectivity index (χ0n) is 8.70. The van der Waals surface area contributed by atoms with Gasteiger partial charge in [-0.3, -0.25) is 14.6 Å². The van der Waals surface area contributed by atoms with E-state index in [1.807, 2.05) is 0 Å². The number of hydrogen-bond acceptors (Lipinski definition) is 3. The Hall–Kier alpha value is -1.63. The summed E-state index contributed by atoms with van der Waals surface area (Å²) in [6.07, 6.45) is -2.86. The van der Waals surface area contributed by atoms with Crippen LogP contribution in [0.4, 0.5) is 13.2 Å². The van der Waals surface area contributed by atoms with Gasteiger partial charge in [0.05, 0.1) is 18.7 Å². The van der Waals surface area contributed by atoms with Crippen LogP contribution in [0.2, 0.25) is 0 Å². The monoisotopic (exact) mass is 246 g/mol. The standard InChI is InChI=1S/C10H9F3N2O2/c11-10(12,13)8-3-2-7(6-14-8)9(16)15-4-1-5-17-15/h2-3,6H,1,4-5H2. The first-order valence-electron chi connectivity index (χ1n) is 4.96. The summed E-state index contributed by atoms with van der Waals surface area (Å²) >= 11 is 0. The Kier molecular flexibility index (Phi) is 3.01. The predicted octanol–water partition coefficient (Wildman–Crippen LogP) is 1.88. The lowest BCUT2D eigenvalue weighted by molar-refractivity contribution is -0.141. The molecular formula is C10H9F3N2O2. The van der Waals surface area contributed by atoms with E-state index in [0.29, 0.717) is 13.2 Å². The molecule has 17 heavy (non-hydrogen) atoms. The van der Waals surface area contributed by atoms with Gasteiger partial charge < -0.3 is 0 Å². The average molecular weight is 246 g/mol. The van der Waals surface area contributed by atoms with Crippen LogP contribution >= 0.6 is 0 Å². The van der Waals surface area contributed by atoms with Crippen LogP contribution in [0.15, 0.2) is 18.3 Å². The molecule has 1 aromatic heterocycles. The number of carbonyl (C=O) groups excluding carboxylic acids is 1. The summed E-state index contributed by atoms with van der Waals surface area (Å²) in [5.41, 5.74) is -0.934. The molecule has 0 bridgehead atoms. The molecule has 0 unspecified atom stereocenters. The number of amides is 1. The highest BCUT2D eigenvalue weighted by Gasteiger charge is 2.32. The molecule has 1 aliphatic rings. The zero-order chi connectivity index (χ0) is 12.5. The van der Waals surface area contributed by atoms with Gasteiger partial charge in [0.25, 0.3) is 5.91 Å². The van der Waals surface area contributed by atoms with E-state index in [9.17, 15) is 18.0 Å². The van der Waals surface area contributed by atoms with Crippen molar-refractivity contribution in [2.75, 3.05) is 13.2 Å². The number of nitrogens with zero attached hydrogens (tertiary/aromatic N) is 2. The normalized spacial score (nSPS) is 16.3. The van der Waals surface area contributed by atoms with E-state index in [0.717, 1.165) is 29.8 Å². The van der Waals surface area contributed by atoms with E-state index >= 15 is 0 Å². The van der Waals surface area contributed by atoms with Crippen LogP contribution in [-0.2, 0) is 11.0 Å². The van der Waals surface area contributed by atoms with Crippen LogP contribution in [0, 0.1) is 0 Å². The van der Waals surface area contributed by atoms with Gasteiger partial charge in [0.15, 0.2) is 0 Å². The molecule has 1 saturated heterocycles. The van der Waals surface area contributed by atoms with Crippen LogP contribution in [0.5, 0.6) is 0 Å². The first-order valence-corrected chi connectivity index (χ1v) is 4.96. The van der Waals surface area contributed by atoms with Gasteiger partial charge in [0, 0.05) is 6.20 Å². The minimum Gasteiger partial charge on any atom is -0.271 e. The molecule has 2 rings (SSSR count). The van der Waals surface area contributed by atoms with Gasteiger partial charge in [-0.1, -0.05) is 0 Å². The Morgan fingerprint density at radius 1 is 1.41 bits per heavy atom. The topological polar surface area (TPSA) is 42.4 Å². The van der Waals surface area contributed by atoms with E-state index in [-0.39, 0.29) is 5.56 Å². The number of halogens is 3. The third-order valence-corrected chi connectivity index (χ3v) is 2.28. The molecular weight excluding hydrogens is 237 g/mol. The molecule has 92 valence electrons. The van der Waals surface area contributed by atoms with Gasteiger partial charge in [-0.05, 0) is 18.6 Å². The summed E-state index contributed by atoms with van der Waals surface area (Å²) in [6.45, 7) is 0.889. The van der Waals surface area contributed by atoms with Crippen molar-refractivity contribution in [3.8, 4) is 0 Å². The fourth-order valence-electron chi connectivity index (χ4n) is 1.44. The predicted molar refractivity (Wildman–Crippen MR) is 50.8 cm³/mol. The fourth-order valence-corrected chi connectivity index (χ4v) is 1.44.